The third-order valence-electron chi connectivity index (χ3n) is 4.49. The Morgan fingerprint density at radius 2 is 1.00 bits per heavy atom. The second-order valence-electron chi connectivity index (χ2n) is 6.27. The standard InChI is InChI=1S/C16H38Si2/c1-5-9-13-17-18(14-10-6-2,15-11-7-3)16-12-8-4/h5-17H2,1-4H3. The van der Waals surface area contributed by atoms with Gasteiger partial charge in [0.05, 0.1) is 0 Å². The van der Waals surface area contributed by atoms with Gasteiger partial charge >= 0.3 is 0 Å². The fraction of sp³-hybridized carbons (Fsp3) is 1.00. The van der Waals surface area contributed by atoms with Gasteiger partial charge in [0.2, 0.25) is 0 Å². The molecule has 0 aliphatic carbocycles. The topological polar surface area (TPSA) is 0 Å². The van der Waals surface area contributed by atoms with Crippen LogP contribution in [-0.4, -0.2) is 16.6 Å². The highest BCUT2D eigenvalue weighted by Gasteiger charge is 2.30. The zero-order valence-corrected chi connectivity index (χ0v) is 16.1. The smallest absolute Gasteiger partial charge is 0.0401 e. The molecular formula is C16H38Si2. The lowest BCUT2D eigenvalue weighted by molar-refractivity contribution is 0.803. The van der Waals surface area contributed by atoms with E-state index in [1.807, 2.05) is 0 Å². The van der Waals surface area contributed by atoms with Crippen LogP contribution in [-0.2, 0) is 0 Å². The molecule has 110 valence electrons. The molecule has 0 atom stereocenters. The van der Waals surface area contributed by atoms with E-state index < -0.39 is 7.59 Å². The Bertz CT molecular complexity index is 147. The van der Waals surface area contributed by atoms with Crippen LogP contribution in [0, 0.1) is 0 Å². The van der Waals surface area contributed by atoms with E-state index in [0.29, 0.717) is 0 Å². The molecule has 0 spiro atoms. The van der Waals surface area contributed by atoms with E-state index in [0.717, 1.165) is 0 Å². The fourth-order valence-corrected chi connectivity index (χ4v) is 17.0. The summed E-state index contributed by atoms with van der Waals surface area (Å²) in [5, 5.41) is 0. The fourth-order valence-electron chi connectivity index (χ4n) is 3.16. The third-order valence-corrected chi connectivity index (χ3v) is 18.1. The third kappa shape index (κ3) is 8.52. The lowest BCUT2D eigenvalue weighted by Gasteiger charge is -2.32. The van der Waals surface area contributed by atoms with E-state index in [2.05, 4.69) is 27.7 Å². The normalized spacial score (nSPS) is 12.7. The highest BCUT2D eigenvalue weighted by atomic mass is 29.2. The summed E-state index contributed by atoms with van der Waals surface area (Å²) in [6, 6.07) is 6.75. The van der Waals surface area contributed by atoms with Crippen molar-refractivity contribution >= 4 is 16.6 Å². The molecule has 0 amide bonds. The van der Waals surface area contributed by atoms with Crippen molar-refractivity contribution in [3.8, 4) is 0 Å². The highest BCUT2D eigenvalue weighted by molar-refractivity contribution is 7.24. The van der Waals surface area contributed by atoms with Gasteiger partial charge in [0.1, 0.15) is 0 Å². The number of rotatable bonds is 13. The molecule has 0 nitrogen and oxygen atoms in total. The second kappa shape index (κ2) is 12.5. The van der Waals surface area contributed by atoms with Crippen molar-refractivity contribution in [2.24, 2.45) is 0 Å². The summed E-state index contributed by atoms with van der Waals surface area (Å²) < 4.78 is 0. The number of hydrogen-bond acceptors (Lipinski definition) is 0. The molecule has 0 bridgehead atoms. The summed E-state index contributed by atoms with van der Waals surface area (Å²) >= 11 is 0. The Hall–Kier alpha value is 0.434. The van der Waals surface area contributed by atoms with Crippen LogP contribution in [0.4, 0.5) is 0 Å². The molecule has 0 heterocycles. The minimum Gasteiger partial charge on any atom is -0.0654 e. The summed E-state index contributed by atoms with van der Waals surface area (Å²) in [4.78, 5) is 0. The summed E-state index contributed by atoms with van der Waals surface area (Å²) in [6.45, 7) is 9.51. The van der Waals surface area contributed by atoms with Crippen LogP contribution in [0.15, 0.2) is 0 Å². The first kappa shape index (κ1) is 18.4. The quantitative estimate of drug-likeness (QED) is 0.300. The van der Waals surface area contributed by atoms with Crippen molar-refractivity contribution in [1.29, 1.82) is 0 Å². The molecule has 0 saturated carbocycles. The highest BCUT2D eigenvalue weighted by Crippen LogP contribution is 2.28. The van der Waals surface area contributed by atoms with Crippen molar-refractivity contribution in [3.63, 3.8) is 0 Å². The van der Waals surface area contributed by atoms with Gasteiger partial charge in [-0.3, -0.25) is 0 Å². The molecule has 0 aromatic carbocycles. The average Bonchev–Trinajstić information content (AvgIpc) is 2.40. The van der Waals surface area contributed by atoms with Crippen LogP contribution in [0.1, 0.15) is 79.1 Å². The minimum absolute atomic E-state index is 0.285. The molecule has 0 rings (SSSR count). The number of unbranched alkanes of at least 4 members (excludes halogenated alkanes) is 4. The Balaban J connectivity index is 4.41. The SMILES string of the molecule is CCCC[SiH2][Si](CCCC)(CCCC)CCCC. The second-order valence-corrected chi connectivity index (χ2v) is 18.0. The van der Waals surface area contributed by atoms with E-state index >= 15 is 0 Å². The zero-order chi connectivity index (χ0) is 13.7. The summed E-state index contributed by atoms with van der Waals surface area (Å²) in [5.41, 5.74) is 0. The van der Waals surface area contributed by atoms with E-state index in [4.69, 9.17) is 0 Å². The summed E-state index contributed by atoms with van der Waals surface area (Å²) in [7, 11) is -0.471. The number of hydrogen-bond donors (Lipinski definition) is 0. The predicted octanol–water partition coefficient (Wildman–Crippen LogP) is 5.72. The van der Waals surface area contributed by atoms with Crippen molar-refractivity contribution < 1.29 is 0 Å². The molecule has 0 aliphatic heterocycles. The maximum absolute atomic E-state index is 2.38. The van der Waals surface area contributed by atoms with Crippen LogP contribution in [0.5, 0.6) is 0 Å². The Kier molecular flexibility index (Phi) is 12.8. The van der Waals surface area contributed by atoms with Gasteiger partial charge in [-0.1, -0.05) is 103 Å². The van der Waals surface area contributed by atoms with Crippen molar-refractivity contribution in [1.82, 2.24) is 0 Å². The maximum atomic E-state index is 2.38. The summed E-state index contributed by atoms with van der Waals surface area (Å²) in [5.74, 6) is 0. The minimum atomic E-state index is -0.757. The van der Waals surface area contributed by atoms with Crippen molar-refractivity contribution in [2.75, 3.05) is 0 Å². The van der Waals surface area contributed by atoms with Gasteiger partial charge in [-0.05, 0) is 0 Å². The van der Waals surface area contributed by atoms with Gasteiger partial charge in [0.25, 0.3) is 0 Å². The predicted molar refractivity (Wildman–Crippen MR) is 93.2 cm³/mol. The van der Waals surface area contributed by atoms with Gasteiger partial charge in [0, 0.05) is 16.6 Å². The van der Waals surface area contributed by atoms with E-state index in [1.54, 1.807) is 43.4 Å². The molecule has 0 aromatic heterocycles. The molecule has 0 saturated heterocycles. The molecule has 0 N–H and O–H groups in total. The molecule has 0 radical (unpaired) electrons. The monoisotopic (exact) mass is 286 g/mol. The van der Waals surface area contributed by atoms with E-state index in [9.17, 15) is 0 Å². The Morgan fingerprint density at radius 1 is 0.611 bits per heavy atom. The first-order valence-corrected chi connectivity index (χ1v) is 14.7. The average molecular weight is 287 g/mol. The van der Waals surface area contributed by atoms with E-state index in [1.165, 1.54) is 32.1 Å². The zero-order valence-electron chi connectivity index (χ0n) is 13.7. The van der Waals surface area contributed by atoms with Crippen LogP contribution in [0.25, 0.3) is 0 Å². The Labute approximate surface area is 120 Å². The first-order chi connectivity index (χ1) is 8.74. The van der Waals surface area contributed by atoms with Crippen LogP contribution < -0.4 is 0 Å². The lowest BCUT2D eigenvalue weighted by atomic mass is 10.4. The van der Waals surface area contributed by atoms with Gasteiger partial charge in [0.15, 0.2) is 0 Å². The van der Waals surface area contributed by atoms with Crippen LogP contribution in [0.2, 0.25) is 24.2 Å². The van der Waals surface area contributed by atoms with Gasteiger partial charge in [-0.15, -0.1) is 0 Å². The molecule has 0 aliphatic rings. The van der Waals surface area contributed by atoms with Crippen LogP contribution in [0.3, 0.4) is 0 Å². The molecule has 0 aromatic rings. The Morgan fingerprint density at radius 3 is 1.33 bits per heavy atom. The van der Waals surface area contributed by atoms with E-state index in [-0.39, 0.29) is 9.04 Å². The first-order valence-electron chi connectivity index (χ1n) is 8.74. The van der Waals surface area contributed by atoms with Crippen molar-refractivity contribution in [2.45, 2.75) is 103 Å². The molecule has 0 unspecified atom stereocenters. The maximum Gasteiger partial charge on any atom is 0.0401 e. The van der Waals surface area contributed by atoms with Crippen LogP contribution >= 0.6 is 0 Å². The van der Waals surface area contributed by atoms with Gasteiger partial charge < -0.3 is 0 Å². The summed E-state index contributed by atoms with van der Waals surface area (Å²) in [6.07, 6.45) is 11.9. The molecule has 18 heavy (non-hydrogen) atoms. The van der Waals surface area contributed by atoms with Gasteiger partial charge in [-0.2, -0.15) is 0 Å². The molecule has 2 heteroatoms. The van der Waals surface area contributed by atoms with Crippen molar-refractivity contribution in [3.05, 3.63) is 0 Å². The molecular weight excluding hydrogens is 248 g/mol. The molecule has 0 fully saturated rings. The lowest BCUT2D eigenvalue weighted by Crippen LogP contribution is -2.41. The van der Waals surface area contributed by atoms with Gasteiger partial charge in [-0.25, -0.2) is 0 Å². The largest absolute Gasteiger partial charge is 0.0654 e.